The van der Waals surface area contributed by atoms with Crippen LogP contribution in [0.2, 0.25) is 0 Å². The van der Waals surface area contributed by atoms with E-state index in [1.165, 1.54) is 17.4 Å². The molecule has 0 heterocycles. The zero-order valence-electron chi connectivity index (χ0n) is 16.8. The number of aldehydes is 1. The van der Waals surface area contributed by atoms with Crippen LogP contribution in [-0.4, -0.2) is 6.29 Å². The molecule has 0 amide bonds. The number of carbonyl (C=O) groups is 1. The summed E-state index contributed by atoms with van der Waals surface area (Å²) in [6, 6.07) is 10.7. The molecule has 0 aromatic heterocycles. The van der Waals surface area contributed by atoms with Crippen LogP contribution in [0.1, 0.15) is 51.5 Å². The maximum atomic E-state index is 12.0. The molecule has 1 nitrogen and oxygen atoms in total. The standard InChI is InChI=1S/C26H32O/c1-4-9-24(10-5-2)26-16-15-22(14-13-21-11-7-6-8-12-21)23(18-26)17-25(3,19-26)20-27/h4-12,14,20,23H,1,13,15-19H2,2-3H3/b10-5-,22-14+,24-9+. The van der Waals surface area contributed by atoms with Gasteiger partial charge >= 0.3 is 0 Å². The predicted octanol–water partition coefficient (Wildman–Crippen LogP) is 6.63. The lowest BCUT2D eigenvalue weighted by atomic mass is 9.51. The van der Waals surface area contributed by atoms with E-state index >= 15 is 0 Å². The number of hydrogen-bond acceptors (Lipinski definition) is 1. The Kier molecular flexibility index (Phi) is 5.99. The Morgan fingerprint density at radius 1 is 1.26 bits per heavy atom. The summed E-state index contributed by atoms with van der Waals surface area (Å²) in [7, 11) is 0. The molecule has 2 aliphatic carbocycles. The van der Waals surface area contributed by atoms with Gasteiger partial charge in [-0.15, -0.1) is 0 Å². The molecule has 2 saturated carbocycles. The van der Waals surface area contributed by atoms with E-state index in [2.05, 4.69) is 75.1 Å². The molecule has 1 aromatic carbocycles. The van der Waals surface area contributed by atoms with Crippen molar-refractivity contribution < 1.29 is 4.79 Å². The highest BCUT2D eigenvalue weighted by Crippen LogP contribution is 2.59. The molecule has 0 saturated heterocycles. The fourth-order valence-corrected chi connectivity index (χ4v) is 5.37. The molecule has 2 fully saturated rings. The lowest BCUT2D eigenvalue weighted by Crippen LogP contribution is -2.44. The van der Waals surface area contributed by atoms with E-state index in [4.69, 9.17) is 0 Å². The topological polar surface area (TPSA) is 17.1 Å². The van der Waals surface area contributed by atoms with E-state index in [0.29, 0.717) is 5.92 Å². The third-order valence-electron chi connectivity index (χ3n) is 6.49. The number of benzene rings is 1. The van der Waals surface area contributed by atoms with Crippen molar-refractivity contribution in [1.29, 1.82) is 0 Å². The van der Waals surface area contributed by atoms with E-state index in [1.807, 2.05) is 6.08 Å². The van der Waals surface area contributed by atoms with Crippen LogP contribution >= 0.6 is 0 Å². The van der Waals surface area contributed by atoms with Gasteiger partial charge in [0.2, 0.25) is 0 Å². The second-order valence-electron chi connectivity index (χ2n) is 8.66. The molecule has 0 spiro atoms. The van der Waals surface area contributed by atoms with Crippen LogP contribution in [0.4, 0.5) is 0 Å². The van der Waals surface area contributed by atoms with Gasteiger partial charge in [0.05, 0.1) is 0 Å². The molecule has 27 heavy (non-hydrogen) atoms. The van der Waals surface area contributed by atoms with Gasteiger partial charge in [-0.1, -0.05) is 79.8 Å². The lowest BCUT2D eigenvalue weighted by molar-refractivity contribution is -0.120. The van der Waals surface area contributed by atoms with Crippen molar-refractivity contribution >= 4 is 6.29 Å². The minimum absolute atomic E-state index is 0.101. The summed E-state index contributed by atoms with van der Waals surface area (Å²) >= 11 is 0. The first-order valence-corrected chi connectivity index (χ1v) is 10.2. The monoisotopic (exact) mass is 360 g/mol. The molecule has 1 aromatic rings. The van der Waals surface area contributed by atoms with E-state index < -0.39 is 0 Å². The number of carbonyl (C=O) groups excluding carboxylic acids is 1. The molecule has 3 rings (SSSR count). The van der Waals surface area contributed by atoms with Gasteiger partial charge in [-0.2, -0.15) is 0 Å². The van der Waals surface area contributed by atoms with Crippen molar-refractivity contribution in [3.63, 3.8) is 0 Å². The van der Waals surface area contributed by atoms with Crippen LogP contribution in [0.3, 0.4) is 0 Å². The van der Waals surface area contributed by atoms with Crippen LogP contribution in [0.25, 0.3) is 0 Å². The first-order valence-electron chi connectivity index (χ1n) is 10.2. The summed E-state index contributed by atoms with van der Waals surface area (Å²) in [5.41, 5.74) is 4.12. The van der Waals surface area contributed by atoms with Gasteiger partial charge in [0, 0.05) is 5.41 Å². The van der Waals surface area contributed by atoms with Gasteiger partial charge in [-0.05, 0) is 67.9 Å². The average Bonchev–Trinajstić information content (AvgIpc) is 2.68. The zero-order chi connectivity index (χ0) is 19.3. The van der Waals surface area contributed by atoms with Crippen LogP contribution in [0, 0.1) is 16.7 Å². The SMILES string of the molecule is C=C/C=C(\C=C/C)C12CC/C(=C\Cc3ccccc3)C(CC(C)(C=O)C1)C2. The number of allylic oxidation sites excluding steroid dienone is 7. The molecule has 1 heteroatoms. The average molecular weight is 361 g/mol. The van der Waals surface area contributed by atoms with E-state index in [0.717, 1.165) is 38.5 Å². The summed E-state index contributed by atoms with van der Waals surface area (Å²) in [6.07, 6.45) is 18.4. The Morgan fingerprint density at radius 3 is 2.70 bits per heavy atom. The van der Waals surface area contributed by atoms with E-state index in [-0.39, 0.29) is 10.8 Å². The number of rotatable bonds is 6. The zero-order valence-corrected chi connectivity index (χ0v) is 16.8. The summed E-state index contributed by atoms with van der Waals surface area (Å²) in [5, 5.41) is 0. The Morgan fingerprint density at radius 2 is 2.04 bits per heavy atom. The molecular weight excluding hydrogens is 328 g/mol. The Hall–Kier alpha value is -2.15. The van der Waals surface area contributed by atoms with E-state index in [9.17, 15) is 4.79 Å². The Labute approximate surface area is 164 Å². The highest BCUT2D eigenvalue weighted by molar-refractivity contribution is 5.60. The van der Waals surface area contributed by atoms with Gasteiger partial charge in [0.1, 0.15) is 6.29 Å². The molecule has 3 unspecified atom stereocenters. The molecule has 142 valence electrons. The number of hydrogen-bond donors (Lipinski definition) is 0. The normalized spacial score (nSPS) is 32.6. The van der Waals surface area contributed by atoms with Gasteiger partial charge in [0.15, 0.2) is 0 Å². The molecular formula is C26H32O. The van der Waals surface area contributed by atoms with Crippen LogP contribution < -0.4 is 0 Å². The Balaban J connectivity index is 1.91. The maximum absolute atomic E-state index is 12.0. The third kappa shape index (κ3) is 4.24. The molecule has 2 bridgehead atoms. The second kappa shape index (κ2) is 8.25. The number of fused-ring (bicyclic) bond motifs is 2. The quantitative estimate of drug-likeness (QED) is 0.316. The largest absolute Gasteiger partial charge is 0.303 e. The maximum Gasteiger partial charge on any atom is 0.125 e. The Bertz CT molecular complexity index is 767. The smallest absolute Gasteiger partial charge is 0.125 e. The minimum atomic E-state index is -0.239. The van der Waals surface area contributed by atoms with Gasteiger partial charge < -0.3 is 4.79 Å². The lowest BCUT2D eigenvalue weighted by Gasteiger charge is -2.53. The van der Waals surface area contributed by atoms with Crippen molar-refractivity contribution in [2.24, 2.45) is 16.7 Å². The van der Waals surface area contributed by atoms with E-state index in [1.54, 1.807) is 5.57 Å². The summed E-state index contributed by atoms with van der Waals surface area (Å²) in [6.45, 7) is 8.15. The van der Waals surface area contributed by atoms with Crippen LogP contribution in [-0.2, 0) is 11.2 Å². The van der Waals surface area contributed by atoms with Crippen molar-refractivity contribution in [1.82, 2.24) is 0 Å². The summed E-state index contributed by atoms with van der Waals surface area (Å²) in [5.74, 6) is 0.505. The first kappa shape index (κ1) is 19.6. The molecule has 0 radical (unpaired) electrons. The van der Waals surface area contributed by atoms with Gasteiger partial charge in [-0.3, -0.25) is 0 Å². The fraction of sp³-hybridized carbons (Fsp3) is 0.423. The van der Waals surface area contributed by atoms with Gasteiger partial charge in [0.25, 0.3) is 0 Å². The minimum Gasteiger partial charge on any atom is -0.303 e. The van der Waals surface area contributed by atoms with Crippen molar-refractivity contribution in [3.05, 3.63) is 84.0 Å². The van der Waals surface area contributed by atoms with Crippen LogP contribution in [0.5, 0.6) is 0 Å². The summed E-state index contributed by atoms with van der Waals surface area (Å²) < 4.78 is 0. The molecule has 2 aliphatic rings. The van der Waals surface area contributed by atoms with Crippen molar-refractivity contribution in [2.75, 3.05) is 0 Å². The van der Waals surface area contributed by atoms with Crippen molar-refractivity contribution in [3.8, 4) is 0 Å². The van der Waals surface area contributed by atoms with Gasteiger partial charge in [-0.25, -0.2) is 0 Å². The predicted molar refractivity (Wildman–Crippen MR) is 115 cm³/mol. The highest BCUT2D eigenvalue weighted by Gasteiger charge is 2.50. The van der Waals surface area contributed by atoms with Crippen LogP contribution in [0.15, 0.2) is 78.4 Å². The molecule has 3 atom stereocenters. The third-order valence-corrected chi connectivity index (χ3v) is 6.49. The first-order chi connectivity index (χ1) is 13.0. The fourth-order valence-electron chi connectivity index (χ4n) is 5.37. The van der Waals surface area contributed by atoms with Crippen molar-refractivity contribution in [2.45, 2.75) is 52.4 Å². The second-order valence-corrected chi connectivity index (χ2v) is 8.66. The summed E-state index contributed by atoms with van der Waals surface area (Å²) in [4.78, 5) is 12.0. The molecule has 0 aliphatic heterocycles. The highest BCUT2D eigenvalue weighted by atomic mass is 16.1. The molecule has 0 N–H and O–H groups in total.